The van der Waals surface area contributed by atoms with E-state index in [-0.39, 0.29) is 6.10 Å². The normalized spacial score (nSPS) is 12.9. The fraction of sp³-hybridized carbons (Fsp3) is 0.0741. The summed E-state index contributed by atoms with van der Waals surface area (Å²) in [6, 6.07) is 35.0. The van der Waals surface area contributed by atoms with Crippen molar-refractivity contribution in [1.29, 1.82) is 0 Å². The minimum atomic E-state index is -0.263. The van der Waals surface area contributed by atoms with E-state index in [1.807, 2.05) is 49.4 Å². The first-order valence-electron chi connectivity index (χ1n) is 9.78. The molecular weight excluding hydrogens is 354 g/mol. The number of nitrogens with zero attached hydrogens (tertiary/aromatic N) is 1. The van der Waals surface area contributed by atoms with Gasteiger partial charge in [-0.1, -0.05) is 114 Å². The molecule has 0 bridgehead atoms. The van der Waals surface area contributed by atoms with Gasteiger partial charge >= 0.3 is 0 Å². The van der Waals surface area contributed by atoms with Gasteiger partial charge in [-0.3, -0.25) is 0 Å². The van der Waals surface area contributed by atoms with Gasteiger partial charge in [0.25, 0.3) is 0 Å². The van der Waals surface area contributed by atoms with Crippen molar-refractivity contribution in [2.24, 2.45) is 5.16 Å². The first-order chi connectivity index (χ1) is 14.3. The average molecular weight is 377 g/mol. The van der Waals surface area contributed by atoms with E-state index >= 15 is 0 Å². The summed E-state index contributed by atoms with van der Waals surface area (Å²) in [7, 11) is 0. The van der Waals surface area contributed by atoms with Crippen molar-refractivity contribution in [1.82, 2.24) is 0 Å². The molecule has 4 aromatic carbocycles. The fourth-order valence-electron chi connectivity index (χ4n) is 3.34. The summed E-state index contributed by atoms with van der Waals surface area (Å²) in [6.07, 6.45) is 3.85. The van der Waals surface area contributed by atoms with E-state index in [1.165, 1.54) is 10.8 Å². The summed E-state index contributed by atoms with van der Waals surface area (Å²) >= 11 is 0. The van der Waals surface area contributed by atoms with E-state index in [0.29, 0.717) is 0 Å². The lowest BCUT2D eigenvalue weighted by Gasteiger charge is -2.13. The van der Waals surface area contributed by atoms with Crippen LogP contribution in [0.15, 0.2) is 114 Å². The molecule has 0 aliphatic heterocycles. The Labute approximate surface area is 171 Å². The van der Waals surface area contributed by atoms with Crippen LogP contribution in [0.25, 0.3) is 16.8 Å². The zero-order valence-electron chi connectivity index (χ0n) is 16.4. The molecule has 4 rings (SSSR count). The van der Waals surface area contributed by atoms with Crippen LogP contribution in [0.5, 0.6) is 0 Å². The van der Waals surface area contributed by atoms with E-state index < -0.39 is 0 Å². The molecule has 0 unspecified atom stereocenters. The third kappa shape index (κ3) is 4.61. The minimum Gasteiger partial charge on any atom is -0.383 e. The van der Waals surface area contributed by atoms with Crippen LogP contribution in [0, 0.1) is 0 Å². The third-order valence-electron chi connectivity index (χ3n) is 4.87. The van der Waals surface area contributed by atoms with Crippen LogP contribution in [0.3, 0.4) is 0 Å². The zero-order valence-corrected chi connectivity index (χ0v) is 16.4. The van der Waals surface area contributed by atoms with Crippen LogP contribution in [0.1, 0.15) is 29.7 Å². The Morgan fingerprint density at radius 1 is 0.759 bits per heavy atom. The summed E-state index contributed by atoms with van der Waals surface area (Å²) in [6.45, 7) is 1.99. The molecule has 1 atom stereocenters. The Hall–Kier alpha value is -3.65. The largest absolute Gasteiger partial charge is 0.383 e. The second kappa shape index (κ2) is 9.03. The number of hydrogen-bond donors (Lipinski definition) is 0. The predicted molar refractivity (Wildman–Crippen MR) is 122 cm³/mol. The van der Waals surface area contributed by atoms with Gasteiger partial charge in [-0.2, -0.15) is 0 Å². The van der Waals surface area contributed by atoms with Crippen molar-refractivity contribution in [3.05, 3.63) is 126 Å². The fourth-order valence-corrected chi connectivity index (χ4v) is 3.34. The molecule has 0 aliphatic carbocycles. The van der Waals surface area contributed by atoms with Gasteiger partial charge < -0.3 is 4.84 Å². The second-order valence-corrected chi connectivity index (χ2v) is 6.91. The summed E-state index contributed by atoms with van der Waals surface area (Å²) in [5.74, 6) is 0. The van der Waals surface area contributed by atoms with Crippen LogP contribution in [0.2, 0.25) is 0 Å². The van der Waals surface area contributed by atoms with Crippen LogP contribution >= 0.6 is 0 Å². The van der Waals surface area contributed by atoms with Crippen molar-refractivity contribution in [2.75, 3.05) is 0 Å². The molecule has 0 radical (unpaired) electrons. The molecule has 0 saturated carbocycles. The highest BCUT2D eigenvalue weighted by molar-refractivity contribution is 6.09. The Kier molecular flexibility index (Phi) is 5.82. The Morgan fingerprint density at radius 2 is 1.41 bits per heavy atom. The summed E-state index contributed by atoms with van der Waals surface area (Å²) < 4.78 is 0. The molecule has 0 fully saturated rings. The summed E-state index contributed by atoms with van der Waals surface area (Å²) in [5, 5.41) is 6.87. The number of hydrogen-bond acceptors (Lipinski definition) is 2. The molecule has 0 aliphatic rings. The Bertz CT molecular complexity index is 1130. The summed E-state index contributed by atoms with van der Waals surface area (Å²) in [5.41, 5.74) is 4.14. The van der Waals surface area contributed by atoms with Crippen molar-refractivity contribution in [2.45, 2.75) is 13.0 Å². The Morgan fingerprint density at radius 3 is 2.21 bits per heavy atom. The van der Waals surface area contributed by atoms with Crippen LogP contribution < -0.4 is 0 Å². The molecule has 0 heterocycles. The molecule has 0 amide bonds. The van der Waals surface area contributed by atoms with Gasteiger partial charge in [0.15, 0.2) is 6.10 Å². The lowest BCUT2D eigenvalue weighted by Crippen LogP contribution is -2.02. The molecule has 2 heteroatoms. The second-order valence-electron chi connectivity index (χ2n) is 6.91. The average Bonchev–Trinajstić information content (AvgIpc) is 2.80. The molecule has 0 saturated heterocycles. The van der Waals surface area contributed by atoms with Gasteiger partial charge in [0.2, 0.25) is 0 Å². The van der Waals surface area contributed by atoms with E-state index in [9.17, 15) is 0 Å². The summed E-state index contributed by atoms with van der Waals surface area (Å²) in [4.78, 5) is 6.02. The smallest absolute Gasteiger partial charge is 0.171 e. The van der Waals surface area contributed by atoms with E-state index in [0.717, 1.165) is 22.4 Å². The molecule has 2 nitrogen and oxygen atoms in total. The van der Waals surface area contributed by atoms with Gasteiger partial charge in [0, 0.05) is 5.56 Å². The highest BCUT2D eigenvalue weighted by atomic mass is 16.6. The van der Waals surface area contributed by atoms with Gasteiger partial charge in [-0.15, -0.1) is 0 Å². The topological polar surface area (TPSA) is 21.6 Å². The Balaban J connectivity index is 1.62. The molecule has 142 valence electrons. The van der Waals surface area contributed by atoms with Crippen LogP contribution in [0.4, 0.5) is 0 Å². The number of fused-ring (bicyclic) bond motifs is 1. The predicted octanol–water partition coefficient (Wildman–Crippen LogP) is 7.04. The first-order valence-corrected chi connectivity index (χ1v) is 9.78. The van der Waals surface area contributed by atoms with Crippen molar-refractivity contribution >= 4 is 22.6 Å². The molecule has 0 N–H and O–H groups in total. The molecule has 0 spiro atoms. The molecule has 4 aromatic rings. The van der Waals surface area contributed by atoms with Crippen LogP contribution in [-0.4, -0.2) is 5.71 Å². The third-order valence-corrected chi connectivity index (χ3v) is 4.87. The van der Waals surface area contributed by atoms with Gasteiger partial charge in [0.05, 0.1) is 5.71 Å². The van der Waals surface area contributed by atoms with E-state index in [4.69, 9.17) is 4.84 Å². The van der Waals surface area contributed by atoms with Gasteiger partial charge in [-0.25, -0.2) is 0 Å². The standard InChI is InChI=1S/C27H23NO/c1-21(25-18-10-16-23-13-8-9-17-26(23)25)28-29-27(24-14-6-3-7-15-24)20-19-22-11-4-2-5-12-22/h2-20,27H,1H3/b20-19+,28-21+/t27-/m0/s1. The van der Waals surface area contributed by atoms with Gasteiger partial charge in [0.1, 0.15) is 0 Å². The van der Waals surface area contributed by atoms with Crippen molar-refractivity contribution in [3.8, 4) is 0 Å². The highest BCUT2D eigenvalue weighted by Crippen LogP contribution is 2.23. The van der Waals surface area contributed by atoms with Crippen molar-refractivity contribution in [3.63, 3.8) is 0 Å². The zero-order chi connectivity index (χ0) is 19.9. The lowest BCUT2D eigenvalue weighted by atomic mass is 10.0. The maximum absolute atomic E-state index is 6.02. The monoisotopic (exact) mass is 377 g/mol. The highest BCUT2D eigenvalue weighted by Gasteiger charge is 2.10. The molecule has 0 aromatic heterocycles. The SMILES string of the molecule is C/C(=N\O[C@@H](/C=C/c1ccccc1)c1ccccc1)c1cccc2ccccc12. The molecule has 29 heavy (non-hydrogen) atoms. The number of rotatable bonds is 6. The maximum Gasteiger partial charge on any atom is 0.171 e. The maximum atomic E-state index is 6.02. The minimum absolute atomic E-state index is 0.263. The first kappa shape index (κ1) is 18.7. The quantitative estimate of drug-likeness (QED) is 0.261. The number of oxime groups is 1. The molecular formula is C27H23NO. The van der Waals surface area contributed by atoms with Crippen molar-refractivity contribution < 1.29 is 4.84 Å². The van der Waals surface area contributed by atoms with E-state index in [1.54, 1.807) is 0 Å². The van der Waals surface area contributed by atoms with E-state index in [2.05, 4.69) is 78.0 Å². The number of benzene rings is 4. The van der Waals surface area contributed by atoms with Crippen LogP contribution in [-0.2, 0) is 4.84 Å². The van der Waals surface area contributed by atoms with Gasteiger partial charge in [-0.05, 0) is 34.9 Å². The lowest BCUT2D eigenvalue weighted by molar-refractivity contribution is 0.0934.